The number of aliphatic carboxylic acids is 1. The minimum Gasteiger partial charge on any atom is -0.550 e. The van der Waals surface area contributed by atoms with E-state index in [-0.39, 0.29) is 41.9 Å². The number of carbonyl (C=O) groups excluding carboxylic acids is 2. The summed E-state index contributed by atoms with van der Waals surface area (Å²) in [5, 5.41) is 9.26. The van der Waals surface area contributed by atoms with E-state index < -0.39 is 5.97 Å². The van der Waals surface area contributed by atoms with Gasteiger partial charge in [-0.2, -0.15) is 0 Å². The second-order valence-corrected chi connectivity index (χ2v) is 6.53. The molecule has 0 saturated carbocycles. The molecule has 0 aliphatic carbocycles. The third-order valence-electron chi connectivity index (χ3n) is 3.97. The van der Waals surface area contributed by atoms with Crippen molar-refractivity contribution in [2.75, 3.05) is 0 Å². The first-order valence-electron chi connectivity index (χ1n) is 10.2. The van der Waals surface area contributed by atoms with Gasteiger partial charge >= 0.3 is 29.6 Å². The second-order valence-electron chi connectivity index (χ2n) is 6.53. The van der Waals surface area contributed by atoms with Crippen molar-refractivity contribution < 1.29 is 44.3 Å². The molecule has 0 rings (SSSR count). The summed E-state index contributed by atoms with van der Waals surface area (Å²) in [5.74, 6) is -1.16. The van der Waals surface area contributed by atoms with E-state index in [0.717, 1.165) is 12.8 Å². The summed E-state index contributed by atoms with van der Waals surface area (Å²) in [5.41, 5.74) is 5.10. The molecule has 4 nitrogen and oxygen atoms in total. The number of primary amides is 1. The molecule has 0 aliphatic rings. The number of carboxylic acids is 1. The molecule has 1 amide bonds. The van der Waals surface area contributed by atoms with Gasteiger partial charge in [-0.25, -0.2) is 0 Å². The number of amides is 1. The Kier molecular flexibility index (Phi) is 31.5. The van der Waals surface area contributed by atoms with Crippen molar-refractivity contribution in [1.82, 2.24) is 0 Å². The number of allylic oxidation sites excluding steroid dienone is 2. The molecule has 2 N–H and O–H groups in total. The summed E-state index contributed by atoms with van der Waals surface area (Å²) in [6.07, 6.45) is 22.0. The van der Waals surface area contributed by atoms with Crippen molar-refractivity contribution in [3.05, 3.63) is 12.2 Å². The Morgan fingerprint density at radius 1 is 0.769 bits per heavy atom. The van der Waals surface area contributed by atoms with Gasteiger partial charge in [-0.15, -0.1) is 0 Å². The number of hydrogen-bond donors (Lipinski definition) is 1. The molecule has 148 valence electrons. The van der Waals surface area contributed by atoms with E-state index in [4.69, 9.17) is 5.73 Å². The van der Waals surface area contributed by atoms with Crippen molar-refractivity contribution in [2.45, 2.75) is 110 Å². The fourth-order valence-corrected chi connectivity index (χ4v) is 2.37. The van der Waals surface area contributed by atoms with Crippen LogP contribution in [0.3, 0.4) is 0 Å². The Labute approximate surface area is 183 Å². The summed E-state index contributed by atoms with van der Waals surface area (Å²) in [4.78, 5) is 19.8. The average molecular weight is 378 g/mol. The van der Waals surface area contributed by atoms with Gasteiger partial charge in [0.15, 0.2) is 0 Å². The number of unbranched alkanes of at least 4 members (excludes halogenated alkanes) is 11. The van der Waals surface area contributed by atoms with Crippen LogP contribution in [0.25, 0.3) is 0 Å². The molecular formula is C21H40NNaO3. The van der Waals surface area contributed by atoms with E-state index in [9.17, 15) is 14.7 Å². The smallest absolute Gasteiger partial charge is 0.550 e. The summed E-state index contributed by atoms with van der Waals surface area (Å²) in [6.45, 7) is 3.80. The van der Waals surface area contributed by atoms with E-state index in [1.54, 1.807) is 0 Å². The van der Waals surface area contributed by atoms with Crippen LogP contribution in [-0.4, -0.2) is 11.9 Å². The van der Waals surface area contributed by atoms with Gasteiger partial charge < -0.3 is 15.6 Å². The molecule has 0 heterocycles. The molecule has 0 aliphatic heterocycles. The van der Waals surface area contributed by atoms with Crippen LogP contribution in [0.5, 0.6) is 0 Å². The molecule has 0 aromatic rings. The van der Waals surface area contributed by atoms with Crippen molar-refractivity contribution in [1.29, 1.82) is 0 Å². The SMILES string of the molecule is CCC(=O)[O-].CCCCCCCC/C=C\CCCCCCCC(N)=O.[Na+]. The molecular weight excluding hydrogens is 337 g/mol. The molecule has 0 fully saturated rings. The van der Waals surface area contributed by atoms with E-state index in [1.807, 2.05) is 0 Å². The largest absolute Gasteiger partial charge is 1.00 e. The maximum atomic E-state index is 10.5. The van der Waals surface area contributed by atoms with Gasteiger partial charge in [0, 0.05) is 12.4 Å². The third-order valence-corrected chi connectivity index (χ3v) is 3.97. The van der Waals surface area contributed by atoms with Crippen LogP contribution in [-0.2, 0) is 9.59 Å². The number of rotatable bonds is 16. The molecule has 0 unspecified atom stereocenters. The minimum absolute atomic E-state index is 0. The van der Waals surface area contributed by atoms with E-state index in [0.29, 0.717) is 6.42 Å². The number of carbonyl (C=O) groups is 2. The number of hydrogen-bond acceptors (Lipinski definition) is 3. The van der Waals surface area contributed by atoms with Crippen molar-refractivity contribution in [2.24, 2.45) is 5.73 Å². The summed E-state index contributed by atoms with van der Waals surface area (Å²) >= 11 is 0. The molecule has 0 atom stereocenters. The Morgan fingerprint density at radius 2 is 1.15 bits per heavy atom. The predicted molar refractivity (Wildman–Crippen MR) is 104 cm³/mol. The fourth-order valence-electron chi connectivity index (χ4n) is 2.37. The Balaban J connectivity index is -0.000000772. The first-order chi connectivity index (χ1) is 12.0. The topological polar surface area (TPSA) is 83.2 Å². The van der Waals surface area contributed by atoms with Crippen LogP contribution in [0.2, 0.25) is 0 Å². The molecule has 0 radical (unpaired) electrons. The van der Waals surface area contributed by atoms with Gasteiger partial charge in [0.25, 0.3) is 0 Å². The molecule has 26 heavy (non-hydrogen) atoms. The van der Waals surface area contributed by atoms with Gasteiger partial charge in [-0.3, -0.25) is 4.79 Å². The monoisotopic (exact) mass is 377 g/mol. The van der Waals surface area contributed by atoms with Gasteiger partial charge in [0.05, 0.1) is 0 Å². The van der Waals surface area contributed by atoms with Crippen LogP contribution in [0.1, 0.15) is 110 Å². The van der Waals surface area contributed by atoms with Crippen molar-refractivity contribution in [3.8, 4) is 0 Å². The average Bonchev–Trinajstić information content (AvgIpc) is 2.58. The van der Waals surface area contributed by atoms with Gasteiger partial charge in [0.1, 0.15) is 0 Å². The first-order valence-corrected chi connectivity index (χ1v) is 10.2. The molecule has 0 bridgehead atoms. The summed E-state index contributed by atoms with van der Waals surface area (Å²) in [6, 6.07) is 0. The molecule has 0 saturated heterocycles. The van der Waals surface area contributed by atoms with E-state index in [2.05, 4.69) is 19.1 Å². The van der Waals surface area contributed by atoms with Crippen LogP contribution in [0, 0.1) is 0 Å². The van der Waals surface area contributed by atoms with E-state index >= 15 is 0 Å². The van der Waals surface area contributed by atoms with E-state index in [1.165, 1.54) is 77.6 Å². The normalized spacial score (nSPS) is 10.1. The standard InChI is InChI=1S/C18H35NO.C3H6O2.Na/c1-2-3-4-5-6-7-8-9-10-11-12-13-14-15-16-17-18(19)20;1-2-3(4)5;/h9-10H,2-8,11-17H2,1H3,(H2,19,20);2H2,1H3,(H,4,5);/q;;+1/p-1/b10-9-;;. The Hall–Kier alpha value is -0.320. The Morgan fingerprint density at radius 3 is 1.54 bits per heavy atom. The van der Waals surface area contributed by atoms with Gasteiger partial charge in [-0.05, 0) is 38.5 Å². The van der Waals surface area contributed by atoms with Crippen LogP contribution in [0.15, 0.2) is 12.2 Å². The molecule has 5 heteroatoms. The maximum absolute atomic E-state index is 10.5. The summed E-state index contributed by atoms with van der Waals surface area (Å²) < 4.78 is 0. The zero-order valence-corrected chi connectivity index (χ0v) is 19.6. The van der Waals surface area contributed by atoms with Crippen molar-refractivity contribution >= 4 is 11.9 Å². The van der Waals surface area contributed by atoms with Gasteiger partial charge in [0.2, 0.25) is 5.91 Å². The predicted octanol–water partition coefficient (Wildman–Crippen LogP) is 1.66. The molecule has 0 aromatic heterocycles. The first kappa shape index (κ1) is 30.4. The maximum Gasteiger partial charge on any atom is 1.00 e. The quantitative estimate of drug-likeness (QED) is 0.252. The van der Waals surface area contributed by atoms with Gasteiger partial charge in [-0.1, -0.05) is 77.4 Å². The number of carboxylic acid groups (broad SMARTS) is 1. The third kappa shape index (κ3) is 34.9. The summed E-state index contributed by atoms with van der Waals surface area (Å²) in [7, 11) is 0. The van der Waals surface area contributed by atoms with Crippen LogP contribution >= 0.6 is 0 Å². The second kappa shape index (κ2) is 26.9. The Bertz CT molecular complexity index is 333. The minimum atomic E-state index is -0.995. The zero-order chi connectivity index (χ0) is 19.2. The molecule has 0 aromatic carbocycles. The van der Waals surface area contributed by atoms with Crippen molar-refractivity contribution in [3.63, 3.8) is 0 Å². The molecule has 0 spiro atoms. The fraction of sp³-hybridized carbons (Fsp3) is 0.810. The van der Waals surface area contributed by atoms with Crippen LogP contribution in [0.4, 0.5) is 0 Å². The van der Waals surface area contributed by atoms with Crippen LogP contribution < -0.4 is 40.4 Å². The zero-order valence-electron chi connectivity index (χ0n) is 17.6. The number of nitrogens with two attached hydrogens (primary N) is 1.